The fraction of sp³-hybridized carbons (Fsp3) is 0.379. The second-order valence-corrected chi connectivity index (χ2v) is 10.6. The summed E-state index contributed by atoms with van der Waals surface area (Å²) in [5.74, 6) is 1.02. The molecular weight excluding hydrogens is 472 g/mol. The van der Waals surface area contributed by atoms with Gasteiger partial charge in [-0.3, -0.25) is 9.59 Å². The summed E-state index contributed by atoms with van der Waals surface area (Å²) in [5, 5.41) is 1.99. The van der Waals surface area contributed by atoms with Crippen LogP contribution in [0.4, 0.5) is 0 Å². The van der Waals surface area contributed by atoms with Crippen molar-refractivity contribution < 1.29 is 19.1 Å². The van der Waals surface area contributed by atoms with Crippen LogP contribution in [0.25, 0.3) is 0 Å². The standard InChI is InChI=1S/C29H32N2O4S/c1-30-27(25-10-7-15-36-25)26(21-17-23(34-2)24(35-3)18-22(21)28(30)32)29(33)31-13-11-20(12-14-31)16-19-8-5-4-6-9-19/h4-10,15,17-18,20,26-27H,11-14,16H2,1-3H3/t26-,27+/m1/s1. The van der Waals surface area contributed by atoms with Gasteiger partial charge in [0.25, 0.3) is 5.91 Å². The van der Waals surface area contributed by atoms with Crippen LogP contribution in [0.2, 0.25) is 0 Å². The first-order valence-electron chi connectivity index (χ1n) is 12.4. The molecule has 0 N–H and O–H groups in total. The third-order valence-corrected chi connectivity index (χ3v) is 8.51. The zero-order valence-electron chi connectivity index (χ0n) is 21.0. The van der Waals surface area contributed by atoms with Gasteiger partial charge in [0, 0.05) is 30.6 Å². The quantitative estimate of drug-likeness (QED) is 0.466. The normalized spacial score (nSPS) is 20.2. The number of methoxy groups -OCH3 is 2. The highest BCUT2D eigenvalue weighted by Crippen LogP contribution is 2.47. The van der Waals surface area contributed by atoms with Crippen molar-refractivity contribution in [2.24, 2.45) is 5.92 Å². The maximum Gasteiger partial charge on any atom is 0.254 e. The van der Waals surface area contributed by atoms with Gasteiger partial charge in [0.1, 0.15) is 0 Å². The van der Waals surface area contributed by atoms with Gasteiger partial charge in [0.2, 0.25) is 5.91 Å². The number of ether oxygens (including phenoxy) is 2. The summed E-state index contributed by atoms with van der Waals surface area (Å²) in [6.07, 6.45) is 3.00. The highest BCUT2D eigenvalue weighted by Gasteiger charge is 2.45. The maximum absolute atomic E-state index is 14.2. The van der Waals surface area contributed by atoms with Gasteiger partial charge in [-0.1, -0.05) is 36.4 Å². The molecule has 1 fully saturated rings. The second-order valence-electron chi connectivity index (χ2n) is 9.61. The van der Waals surface area contributed by atoms with E-state index in [1.54, 1.807) is 43.6 Å². The average Bonchev–Trinajstić information content (AvgIpc) is 3.45. The molecule has 2 aromatic carbocycles. The predicted molar refractivity (Wildman–Crippen MR) is 141 cm³/mol. The molecule has 2 aliphatic rings. The molecule has 1 aromatic heterocycles. The zero-order valence-corrected chi connectivity index (χ0v) is 21.8. The van der Waals surface area contributed by atoms with E-state index in [-0.39, 0.29) is 17.9 Å². The van der Waals surface area contributed by atoms with Crippen LogP contribution in [0.1, 0.15) is 51.2 Å². The van der Waals surface area contributed by atoms with Crippen LogP contribution in [0.15, 0.2) is 60.0 Å². The number of thiophene rings is 1. The number of benzene rings is 2. The molecule has 0 saturated carbocycles. The van der Waals surface area contributed by atoms with Gasteiger partial charge in [-0.2, -0.15) is 0 Å². The maximum atomic E-state index is 14.2. The molecule has 36 heavy (non-hydrogen) atoms. The van der Waals surface area contributed by atoms with Gasteiger partial charge in [0.15, 0.2) is 11.5 Å². The van der Waals surface area contributed by atoms with Crippen LogP contribution in [-0.4, -0.2) is 56.0 Å². The molecule has 0 aliphatic carbocycles. The number of hydrogen-bond donors (Lipinski definition) is 0. The Morgan fingerprint density at radius 2 is 1.69 bits per heavy atom. The smallest absolute Gasteiger partial charge is 0.254 e. The molecule has 3 heterocycles. The van der Waals surface area contributed by atoms with Crippen molar-refractivity contribution in [3.63, 3.8) is 0 Å². The first-order valence-corrected chi connectivity index (χ1v) is 13.3. The minimum absolute atomic E-state index is 0.0689. The Hall–Kier alpha value is -3.32. The number of amides is 2. The summed E-state index contributed by atoms with van der Waals surface area (Å²) in [7, 11) is 4.92. The van der Waals surface area contributed by atoms with E-state index in [9.17, 15) is 9.59 Å². The molecule has 5 rings (SSSR count). The number of piperidine rings is 1. The Labute approximate surface area is 216 Å². The number of likely N-dealkylation sites (tertiary alicyclic amines) is 1. The summed E-state index contributed by atoms with van der Waals surface area (Å²) in [6, 6.07) is 17.7. The summed E-state index contributed by atoms with van der Waals surface area (Å²) in [6.45, 7) is 1.45. The minimum Gasteiger partial charge on any atom is -0.493 e. The molecule has 2 amide bonds. The van der Waals surface area contributed by atoms with E-state index in [1.165, 1.54) is 5.56 Å². The number of carbonyl (C=O) groups excluding carboxylic acids is 2. The molecule has 7 heteroatoms. The fourth-order valence-corrected chi connectivity index (χ4v) is 6.54. The monoisotopic (exact) mass is 504 g/mol. The van der Waals surface area contributed by atoms with Crippen LogP contribution in [-0.2, 0) is 11.2 Å². The number of nitrogens with zero attached hydrogens (tertiary/aromatic N) is 2. The lowest BCUT2D eigenvalue weighted by atomic mass is 9.80. The molecule has 188 valence electrons. The van der Waals surface area contributed by atoms with E-state index >= 15 is 0 Å². The van der Waals surface area contributed by atoms with E-state index in [0.29, 0.717) is 28.5 Å². The molecule has 6 nitrogen and oxygen atoms in total. The van der Waals surface area contributed by atoms with Gasteiger partial charge in [-0.15, -0.1) is 11.3 Å². The Morgan fingerprint density at radius 3 is 2.33 bits per heavy atom. The van der Waals surface area contributed by atoms with Crippen LogP contribution in [0.3, 0.4) is 0 Å². The van der Waals surface area contributed by atoms with E-state index in [4.69, 9.17) is 9.47 Å². The largest absolute Gasteiger partial charge is 0.493 e. The lowest BCUT2D eigenvalue weighted by molar-refractivity contribution is -0.135. The molecule has 1 saturated heterocycles. The third kappa shape index (κ3) is 4.48. The third-order valence-electron chi connectivity index (χ3n) is 7.57. The van der Waals surface area contributed by atoms with Gasteiger partial charge in [-0.05, 0) is 59.9 Å². The van der Waals surface area contributed by atoms with Crippen LogP contribution < -0.4 is 9.47 Å². The van der Waals surface area contributed by atoms with E-state index in [2.05, 4.69) is 24.3 Å². The zero-order chi connectivity index (χ0) is 25.2. The second kappa shape index (κ2) is 10.3. The Kier molecular flexibility index (Phi) is 7.01. The molecule has 3 aromatic rings. The number of fused-ring (bicyclic) bond motifs is 1. The van der Waals surface area contributed by atoms with E-state index in [0.717, 1.165) is 37.2 Å². The van der Waals surface area contributed by atoms with Crippen molar-refractivity contribution in [2.75, 3.05) is 34.4 Å². The van der Waals surface area contributed by atoms with Crippen molar-refractivity contribution in [1.29, 1.82) is 0 Å². The SMILES string of the molecule is COc1cc2c(cc1OC)[C@@H](C(=O)N1CCC(Cc3ccccc3)CC1)[C@H](c1cccs1)N(C)C2=O. The predicted octanol–water partition coefficient (Wildman–Crippen LogP) is 5.16. The highest BCUT2D eigenvalue weighted by molar-refractivity contribution is 7.10. The molecular formula is C29H32N2O4S. The summed E-state index contributed by atoms with van der Waals surface area (Å²) < 4.78 is 11.0. The fourth-order valence-electron chi connectivity index (χ4n) is 5.63. The van der Waals surface area contributed by atoms with Crippen molar-refractivity contribution in [2.45, 2.75) is 31.2 Å². The lowest BCUT2D eigenvalue weighted by Gasteiger charge is -2.42. The van der Waals surface area contributed by atoms with E-state index in [1.807, 2.05) is 34.5 Å². The lowest BCUT2D eigenvalue weighted by Crippen LogP contribution is -2.48. The first-order chi connectivity index (χ1) is 17.5. The first kappa shape index (κ1) is 24.4. The summed E-state index contributed by atoms with van der Waals surface area (Å²) in [5.41, 5.74) is 2.56. The highest BCUT2D eigenvalue weighted by atomic mass is 32.1. The molecule has 0 bridgehead atoms. The van der Waals surface area contributed by atoms with Gasteiger partial charge >= 0.3 is 0 Å². The van der Waals surface area contributed by atoms with Crippen molar-refractivity contribution in [3.05, 3.63) is 81.5 Å². The number of hydrogen-bond acceptors (Lipinski definition) is 5. The van der Waals surface area contributed by atoms with Crippen LogP contribution >= 0.6 is 11.3 Å². The van der Waals surface area contributed by atoms with Crippen molar-refractivity contribution >= 4 is 23.2 Å². The average molecular weight is 505 g/mol. The summed E-state index contributed by atoms with van der Waals surface area (Å²) in [4.78, 5) is 32.4. The number of carbonyl (C=O) groups is 2. The molecule has 2 aliphatic heterocycles. The van der Waals surface area contributed by atoms with Gasteiger partial charge in [-0.25, -0.2) is 0 Å². The van der Waals surface area contributed by atoms with Crippen molar-refractivity contribution in [3.8, 4) is 11.5 Å². The summed E-state index contributed by atoms with van der Waals surface area (Å²) >= 11 is 1.58. The number of rotatable bonds is 6. The Balaban J connectivity index is 1.46. The molecule has 0 spiro atoms. The van der Waals surface area contributed by atoms with Crippen LogP contribution in [0, 0.1) is 5.92 Å². The van der Waals surface area contributed by atoms with Gasteiger partial charge < -0.3 is 19.3 Å². The van der Waals surface area contributed by atoms with Crippen LogP contribution in [0.5, 0.6) is 11.5 Å². The van der Waals surface area contributed by atoms with Crippen molar-refractivity contribution in [1.82, 2.24) is 9.80 Å². The van der Waals surface area contributed by atoms with Gasteiger partial charge in [0.05, 0.1) is 26.2 Å². The Bertz CT molecular complexity index is 1220. The molecule has 0 radical (unpaired) electrons. The minimum atomic E-state index is -0.508. The van der Waals surface area contributed by atoms with E-state index < -0.39 is 5.92 Å². The molecule has 2 atom stereocenters. The Morgan fingerprint density at radius 1 is 1.00 bits per heavy atom. The topological polar surface area (TPSA) is 59.1 Å². The number of likely N-dealkylation sites (N-methyl/N-ethyl adjacent to an activating group) is 1. The molecule has 0 unspecified atom stereocenters.